The van der Waals surface area contributed by atoms with Gasteiger partial charge in [-0.3, -0.25) is 14.2 Å². The van der Waals surface area contributed by atoms with Crippen LogP contribution in [0.1, 0.15) is 13.0 Å². The number of benzene rings is 2. The summed E-state index contributed by atoms with van der Waals surface area (Å²) in [5, 5.41) is 2.72. The summed E-state index contributed by atoms with van der Waals surface area (Å²) in [7, 11) is 0. The van der Waals surface area contributed by atoms with Gasteiger partial charge in [0.05, 0.1) is 22.9 Å². The van der Waals surface area contributed by atoms with E-state index in [0.717, 1.165) is 12.1 Å². The molecule has 3 rings (SSSR count). The fourth-order valence-electron chi connectivity index (χ4n) is 2.31. The average molecular weight is 329 g/mol. The highest BCUT2D eigenvalue weighted by Gasteiger charge is 2.19. The minimum absolute atomic E-state index is 0.157. The van der Waals surface area contributed by atoms with Gasteiger partial charge < -0.3 is 5.32 Å². The molecule has 0 unspecified atom stereocenters. The highest BCUT2D eigenvalue weighted by atomic mass is 19.1. The van der Waals surface area contributed by atoms with Crippen molar-refractivity contribution in [3.8, 4) is 0 Å². The van der Waals surface area contributed by atoms with Crippen molar-refractivity contribution in [2.45, 2.75) is 13.0 Å². The molecular weight excluding hydrogens is 316 g/mol. The lowest BCUT2D eigenvalue weighted by Crippen LogP contribution is -2.32. The number of halogens is 2. The van der Waals surface area contributed by atoms with E-state index < -0.39 is 23.6 Å². The second-order valence-corrected chi connectivity index (χ2v) is 5.26. The van der Waals surface area contributed by atoms with E-state index in [1.165, 1.54) is 17.8 Å². The van der Waals surface area contributed by atoms with Gasteiger partial charge in [-0.05, 0) is 31.2 Å². The van der Waals surface area contributed by atoms with Gasteiger partial charge in [-0.15, -0.1) is 0 Å². The standard InChI is InChI=1S/C17H13F2N3O2/c1-10(16(23)21-15-7-6-11(18)8-13(15)19)22-9-20-14-5-3-2-4-12(14)17(22)24/h2-10H,1H3,(H,21,23)/t10-/m0/s1. The van der Waals surface area contributed by atoms with Gasteiger partial charge in [0.15, 0.2) is 0 Å². The predicted molar refractivity (Wildman–Crippen MR) is 85.7 cm³/mol. The van der Waals surface area contributed by atoms with E-state index in [4.69, 9.17) is 0 Å². The molecule has 1 heterocycles. The number of carbonyl (C=O) groups is 1. The molecule has 1 atom stereocenters. The van der Waals surface area contributed by atoms with Crippen LogP contribution >= 0.6 is 0 Å². The van der Waals surface area contributed by atoms with Gasteiger partial charge in [0.2, 0.25) is 5.91 Å². The summed E-state index contributed by atoms with van der Waals surface area (Å²) in [5.41, 5.74) is -0.00573. The van der Waals surface area contributed by atoms with Crippen molar-refractivity contribution in [1.82, 2.24) is 9.55 Å². The Hall–Kier alpha value is -3.09. The molecule has 0 saturated heterocycles. The Kier molecular flexibility index (Phi) is 4.07. The maximum atomic E-state index is 13.6. The SMILES string of the molecule is C[C@@H](C(=O)Nc1ccc(F)cc1F)n1cnc2ccccc2c1=O. The molecule has 1 aromatic heterocycles. The number of amides is 1. The molecule has 0 bridgehead atoms. The summed E-state index contributed by atoms with van der Waals surface area (Å²) >= 11 is 0. The number of nitrogens with zero attached hydrogens (tertiary/aromatic N) is 2. The number of fused-ring (bicyclic) bond motifs is 1. The minimum Gasteiger partial charge on any atom is -0.322 e. The number of nitrogens with one attached hydrogen (secondary N) is 1. The van der Waals surface area contributed by atoms with E-state index in [0.29, 0.717) is 17.0 Å². The molecule has 1 amide bonds. The topological polar surface area (TPSA) is 64.0 Å². The second kappa shape index (κ2) is 6.19. The number of carbonyl (C=O) groups excluding carboxylic acids is 1. The largest absolute Gasteiger partial charge is 0.322 e. The Labute approximate surface area is 135 Å². The van der Waals surface area contributed by atoms with Crippen LogP contribution in [0.2, 0.25) is 0 Å². The molecule has 7 heteroatoms. The molecule has 24 heavy (non-hydrogen) atoms. The van der Waals surface area contributed by atoms with Gasteiger partial charge in [0, 0.05) is 6.07 Å². The Morgan fingerprint density at radius 1 is 1.21 bits per heavy atom. The first-order chi connectivity index (χ1) is 11.5. The summed E-state index contributed by atoms with van der Waals surface area (Å²) < 4.78 is 27.7. The Bertz CT molecular complexity index is 985. The third kappa shape index (κ3) is 2.88. The molecule has 3 aromatic rings. The lowest BCUT2D eigenvalue weighted by atomic mass is 10.2. The molecule has 0 saturated carbocycles. The number of para-hydroxylation sites is 1. The molecule has 122 valence electrons. The van der Waals surface area contributed by atoms with Gasteiger partial charge in [0.25, 0.3) is 5.56 Å². The zero-order chi connectivity index (χ0) is 17.3. The van der Waals surface area contributed by atoms with Crippen LogP contribution in [-0.2, 0) is 4.79 Å². The molecule has 1 N–H and O–H groups in total. The third-order valence-corrected chi connectivity index (χ3v) is 3.68. The fourth-order valence-corrected chi connectivity index (χ4v) is 2.31. The Morgan fingerprint density at radius 2 is 1.96 bits per heavy atom. The Balaban J connectivity index is 1.91. The zero-order valence-electron chi connectivity index (χ0n) is 12.7. The average Bonchev–Trinajstić information content (AvgIpc) is 2.57. The fraction of sp³-hybridized carbons (Fsp3) is 0.118. The summed E-state index contributed by atoms with van der Waals surface area (Å²) in [6.45, 7) is 1.49. The molecule has 0 aliphatic rings. The van der Waals surface area contributed by atoms with E-state index in [9.17, 15) is 18.4 Å². The number of aromatic nitrogens is 2. The second-order valence-electron chi connectivity index (χ2n) is 5.26. The summed E-state index contributed by atoms with van der Waals surface area (Å²) in [6.07, 6.45) is 1.27. The van der Waals surface area contributed by atoms with Gasteiger partial charge in [-0.1, -0.05) is 12.1 Å². The van der Waals surface area contributed by atoms with Crippen LogP contribution in [0.4, 0.5) is 14.5 Å². The maximum Gasteiger partial charge on any atom is 0.261 e. The van der Waals surface area contributed by atoms with Gasteiger partial charge in [-0.25, -0.2) is 13.8 Å². The first-order valence-corrected chi connectivity index (χ1v) is 7.19. The number of anilines is 1. The molecule has 2 aromatic carbocycles. The highest BCUT2D eigenvalue weighted by Crippen LogP contribution is 2.17. The summed E-state index contributed by atoms with van der Waals surface area (Å²) in [5.74, 6) is -2.24. The highest BCUT2D eigenvalue weighted by molar-refractivity contribution is 5.93. The molecule has 5 nitrogen and oxygen atoms in total. The van der Waals surface area contributed by atoms with Crippen LogP contribution in [0, 0.1) is 11.6 Å². The van der Waals surface area contributed by atoms with Gasteiger partial charge in [0.1, 0.15) is 17.7 Å². The van der Waals surface area contributed by atoms with E-state index in [-0.39, 0.29) is 11.2 Å². The molecular formula is C17H13F2N3O2. The van der Waals surface area contributed by atoms with Crippen LogP contribution < -0.4 is 10.9 Å². The zero-order valence-corrected chi connectivity index (χ0v) is 12.7. The van der Waals surface area contributed by atoms with E-state index in [2.05, 4.69) is 10.3 Å². The molecule has 0 radical (unpaired) electrons. The van der Waals surface area contributed by atoms with Crippen molar-refractivity contribution < 1.29 is 13.6 Å². The molecule has 0 fully saturated rings. The normalized spacial score (nSPS) is 12.1. The van der Waals surface area contributed by atoms with Crippen LogP contribution in [0.3, 0.4) is 0 Å². The van der Waals surface area contributed by atoms with Crippen molar-refractivity contribution in [2.75, 3.05) is 5.32 Å². The van der Waals surface area contributed by atoms with Gasteiger partial charge in [-0.2, -0.15) is 0 Å². The first-order valence-electron chi connectivity index (χ1n) is 7.19. The Morgan fingerprint density at radius 3 is 2.71 bits per heavy atom. The molecule has 0 spiro atoms. The molecule has 0 aliphatic carbocycles. The minimum atomic E-state index is -0.918. The number of hydrogen-bond donors (Lipinski definition) is 1. The smallest absolute Gasteiger partial charge is 0.261 e. The number of hydrogen-bond acceptors (Lipinski definition) is 3. The van der Waals surface area contributed by atoms with E-state index in [1.54, 1.807) is 24.3 Å². The van der Waals surface area contributed by atoms with E-state index >= 15 is 0 Å². The van der Waals surface area contributed by atoms with Crippen molar-refractivity contribution in [3.63, 3.8) is 0 Å². The summed E-state index contributed by atoms with van der Waals surface area (Å²) in [6, 6.07) is 8.68. The van der Waals surface area contributed by atoms with Crippen LogP contribution in [-0.4, -0.2) is 15.5 Å². The van der Waals surface area contributed by atoms with Crippen molar-refractivity contribution in [1.29, 1.82) is 0 Å². The predicted octanol–water partition coefficient (Wildman–Crippen LogP) is 2.87. The summed E-state index contributed by atoms with van der Waals surface area (Å²) in [4.78, 5) is 28.9. The quantitative estimate of drug-likeness (QED) is 0.803. The van der Waals surface area contributed by atoms with Crippen molar-refractivity contribution >= 4 is 22.5 Å². The van der Waals surface area contributed by atoms with Crippen molar-refractivity contribution in [3.05, 3.63) is 70.8 Å². The lowest BCUT2D eigenvalue weighted by Gasteiger charge is -2.15. The van der Waals surface area contributed by atoms with Gasteiger partial charge >= 0.3 is 0 Å². The molecule has 0 aliphatic heterocycles. The monoisotopic (exact) mass is 329 g/mol. The lowest BCUT2D eigenvalue weighted by molar-refractivity contribution is -0.118. The first kappa shape index (κ1) is 15.8. The third-order valence-electron chi connectivity index (χ3n) is 3.68. The maximum absolute atomic E-state index is 13.6. The van der Waals surface area contributed by atoms with Crippen LogP contribution in [0.15, 0.2) is 53.6 Å². The van der Waals surface area contributed by atoms with Crippen molar-refractivity contribution in [2.24, 2.45) is 0 Å². The van der Waals surface area contributed by atoms with Crippen LogP contribution in [0.5, 0.6) is 0 Å². The number of rotatable bonds is 3. The van der Waals surface area contributed by atoms with E-state index in [1.807, 2.05) is 0 Å². The van der Waals surface area contributed by atoms with Crippen LogP contribution in [0.25, 0.3) is 10.9 Å².